The quantitative estimate of drug-likeness (QED) is 0.529. The second-order valence-electron chi connectivity index (χ2n) is 7.63. The van der Waals surface area contributed by atoms with E-state index < -0.39 is 6.04 Å². The number of nitrogens with one attached hydrogen (secondary N) is 2. The van der Waals surface area contributed by atoms with Crippen molar-refractivity contribution < 1.29 is 19.1 Å². The van der Waals surface area contributed by atoms with Gasteiger partial charge in [0.25, 0.3) is 5.91 Å². The Bertz CT molecular complexity index is 1150. The molecule has 0 spiro atoms. The number of para-hydroxylation sites is 2. The topological polar surface area (TPSA) is 106 Å². The third-order valence-electron chi connectivity index (χ3n) is 5.28. The summed E-state index contributed by atoms with van der Waals surface area (Å²) in [5.41, 5.74) is 2.83. The van der Waals surface area contributed by atoms with E-state index in [2.05, 4.69) is 15.6 Å². The summed E-state index contributed by atoms with van der Waals surface area (Å²) in [7, 11) is 1.62. The molecule has 32 heavy (non-hydrogen) atoms. The largest absolute Gasteiger partial charge is 0.385 e. The predicted octanol–water partition coefficient (Wildman–Crippen LogP) is 2.95. The van der Waals surface area contributed by atoms with Gasteiger partial charge in [0.05, 0.1) is 17.5 Å². The molecule has 2 aromatic carbocycles. The lowest BCUT2D eigenvalue weighted by Crippen LogP contribution is -2.32. The molecule has 0 unspecified atom stereocenters. The van der Waals surface area contributed by atoms with Gasteiger partial charge in [0.1, 0.15) is 6.04 Å². The molecule has 9 nitrogen and oxygen atoms in total. The number of benzene rings is 2. The molecule has 0 bridgehead atoms. The summed E-state index contributed by atoms with van der Waals surface area (Å²) in [5, 5.41) is 5.51. The molecule has 0 saturated heterocycles. The van der Waals surface area contributed by atoms with Gasteiger partial charge < -0.3 is 15.4 Å². The molecular weight excluding hydrogens is 410 g/mol. The van der Waals surface area contributed by atoms with Crippen LogP contribution in [0.2, 0.25) is 0 Å². The Kier molecular flexibility index (Phi) is 6.18. The van der Waals surface area contributed by atoms with Crippen LogP contribution >= 0.6 is 0 Å². The zero-order valence-electron chi connectivity index (χ0n) is 18.0. The maximum atomic E-state index is 13.2. The maximum Gasteiger partial charge on any atom is 0.253 e. The summed E-state index contributed by atoms with van der Waals surface area (Å²) in [5.74, 6) is -0.0340. The standard InChI is InChI=1S/C23H25N5O4/c1-15(29)24-16-8-10-17(11-9-16)25-21(30)14-20-22(31)27(12-5-13-32-2)23-26-18-6-3-4-7-19(18)28(20)23/h3-4,6-11,20H,5,12-14H2,1-2H3,(H,24,29)(H,25,30)/t20-/m0/s1. The average molecular weight is 435 g/mol. The molecular formula is C23H25N5O4. The number of fused-ring (bicyclic) bond motifs is 3. The van der Waals surface area contributed by atoms with Crippen LogP contribution in [0.1, 0.15) is 25.8 Å². The zero-order chi connectivity index (χ0) is 22.7. The molecule has 1 aromatic heterocycles. The van der Waals surface area contributed by atoms with E-state index in [1.165, 1.54) is 6.92 Å². The molecule has 4 rings (SSSR count). The first kappa shape index (κ1) is 21.5. The predicted molar refractivity (Wildman–Crippen MR) is 122 cm³/mol. The number of anilines is 3. The second-order valence-corrected chi connectivity index (χ2v) is 7.63. The molecule has 0 fully saturated rings. The molecule has 9 heteroatoms. The van der Waals surface area contributed by atoms with Gasteiger partial charge in [0, 0.05) is 38.6 Å². The van der Waals surface area contributed by atoms with Gasteiger partial charge in [-0.1, -0.05) is 12.1 Å². The van der Waals surface area contributed by atoms with E-state index in [0.29, 0.717) is 36.9 Å². The van der Waals surface area contributed by atoms with Crippen LogP contribution in [0.4, 0.5) is 17.3 Å². The van der Waals surface area contributed by atoms with Crippen molar-refractivity contribution in [3.8, 4) is 0 Å². The molecule has 1 aliphatic rings. The fraction of sp³-hybridized carbons (Fsp3) is 0.304. The second kappa shape index (κ2) is 9.19. The lowest BCUT2D eigenvalue weighted by atomic mass is 10.1. The Morgan fingerprint density at radius 3 is 2.44 bits per heavy atom. The fourth-order valence-corrected chi connectivity index (χ4v) is 3.90. The Labute approximate surface area is 185 Å². The van der Waals surface area contributed by atoms with Crippen LogP contribution in [-0.4, -0.2) is 47.5 Å². The summed E-state index contributed by atoms with van der Waals surface area (Å²) < 4.78 is 6.97. The van der Waals surface area contributed by atoms with E-state index in [-0.39, 0.29) is 24.1 Å². The van der Waals surface area contributed by atoms with E-state index in [1.807, 2.05) is 28.8 Å². The van der Waals surface area contributed by atoms with Gasteiger partial charge in [-0.05, 0) is 42.8 Å². The number of imidazole rings is 1. The van der Waals surface area contributed by atoms with Crippen LogP contribution in [-0.2, 0) is 19.1 Å². The van der Waals surface area contributed by atoms with Crippen LogP contribution in [0.3, 0.4) is 0 Å². The van der Waals surface area contributed by atoms with Crippen LogP contribution in [0.15, 0.2) is 48.5 Å². The number of hydrogen-bond donors (Lipinski definition) is 2. The highest BCUT2D eigenvalue weighted by molar-refractivity contribution is 6.05. The summed E-state index contributed by atoms with van der Waals surface area (Å²) in [4.78, 5) is 43.4. The lowest BCUT2D eigenvalue weighted by molar-refractivity contribution is -0.124. The first-order chi connectivity index (χ1) is 15.5. The van der Waals surface area contributed by atoms with Crippen molar-refractivity contribution in [2.24, 2.45) is 0 Å². The Hall–Kier alpha value is -3.72. The number of ether oxygens (including phenoxy) is 1. The van der Waals surface area contributed by atoms with Crippen molar-refractivity contribution in [2.45, 2.75) is 25.8 Å². The van der Waals surface area contributed by atoms with Crippen LogP contribution in [0.25, 0.3) is 11.0 Å². The van der Waals surface area contributed by atoms with Crippen molar-refractivity contribution >= 4 is 46.1 Å². The summed E-state index contributed by atoms with van der Waals surface area (Å²) in [6.45, 7) is 2.43. The third-order valence-corrected chi connectivity index (χ3v) is 5.28. The van der Waals surface area contributed by atoms with Gasteiger partial charge in [-0.3, -0.25) is 23.9 Å². The van der Waals surface area contributed by atoms with Crippen LogP contribution < -0.4 is 15.5 Å². The minimum absolute atomic E-state index is 0.0135. The first-order valence-corrected chi connectivity index (χ1v) is 10.4. The van der Waals surface area contributed by atoms with Crippen molar-refractivity contribution in [1.82, 2.24) is 9.55 Å². The van der Waals surface area contributed by atoms with E-state index in [4.69, 9.17) is 4.74 Å². The molecule has 2 N–H and O–H groups in total. The van der Waals surface area contributed by atoms with Gasteiger partial charge >= 0.3 is 0 Å². The number of carbonyl (C=O) groups is 3. The molecule has 166 valence electrons. The molecule has 0 saturated carbocycles. The van der Waals surface area contributed by atoms with Crippen molar-refractivity contribution in [3.63, 3.8) is 0 Å². The number of carbonyl (C=O) groups excluding carboxylic acids is 3. The smallest absolute Gasteiger partial charge is 0.253 e. The Balaban J connectivity index is 1.53. The zero-order valence-corrected chi connectivity index (χ0v) is 18.0. The molecule has 1 aliphatic heterocycles. The number of aromatic nitrogens is 2. The van der Waals surface area contributed by atoms with Crippen LogP contribution in [0.5, 0.6) is 0 Å². The summed E-state index contributed by atoms with van der Waals surface area (Å²) >= 11 is 0. The highest BCUT2D eigenvalue weighted by atomic mass is 16.5. The van der Waals surface area contributed by atoms with Gasteiger partial charge in [0.2, 0.25) is 17.8 Å². The summed E-state index contributed by atoms with van der Waals surface area (Å²) in [6, 6.07) is 13.7. The van der Waals surface area contributed by atoms with Gasteiger partial charge in [-0.25, -0.2) is 4.98 Å². The Morgan fingerprint density at radius 2 is 1.75 bits per heavy atom. The molecule has 0 aliphatic carbocycles. The average Bonchev–Trinajstić information content (AvgIpc) is 3.25. The molecule has 0 radical (unpaired) electrons. The lowest BCUT2D eigenvalue weighted by Gasteiger charge is -2.15. The van der Waals surface area contributed by atoms with Gasteiger partial charge in [0.15, 0.2) is 0 Å². The van der Waals surface area contributed by atoms with E-state index in [0.717, 1.165) is 11.0 Å². The maximum absolute atomic E-state index is 13.2. The number of methoxy groups -OCH3 is 1. The van der Waals surface area contributed by atoms with E-state index in [9.17, 15) is 14.4 Å². The number of amides is 3. The number of hydrogen-bond acceptors (Lipinski definition) is 5. The van der Waals surface area contributed by atoms with Crippen molar-refractivity contribution in [2.75, 3.05) is 35.8 Å². The highest BCUT2D eigenvalue weighted by Gasteiger charge is 2.40. The van der Waals surface area contributed by atoms with E-state index in [1.54, 1.807) is 36.3 Å². The third kappa shape index (κ3) is 4.33. The molecule has 3 amide bonds. The number of rotatable bonds is 8. The van der Waals surface area contributed by atoms with Crippen LogP contribution in [0, 0.1) is 0 Å². The SMILES string of the molecule is COCCCN1C(=O)[C@H](CC(=O)Nc2ccc(NC(C)=O)cc2)n2c1nc1ccccc12. The highest BCUT2D eigenvalue weighted by Crippen LogP contribution is 2.36. The molecule has 2 heterocycles. The van der Waals surface area contributed by atoms with Crippen molar-refractivity contribution in [3.05, 3.63) is 48.5 Å². The minimum atomic E-state index is -0.668. The fourth-order valence-electron chi connectivity index (χ4n) is 3.90. The van der Waals surface area contributed by atoms with Gasteiger partial charge in [-0.2, -0.15) is 0 Å². The molecule has 3 aromatic rings. The normalized spacial score (nSPS) is 15.1. The molecule has 1 atom stereocenters. The minimum Gasteiger partial charge on any atom is -0.385 e. The van der Waals surface area contributed by atoms with Gasteiger partial charge in [-0.15, -0.1) is 0 Å². The van der Waals surface area contributed by atoms with Crippen molar-refractivity contribution in [1.29, 1.82) is 0 Å². The Morgan fingerprint density at radius 1 is 1.06 bits per heavy atom. The first-order valence-electron chi connectivity index (χ1n) is 10.4. The monoisotopic (exact) mass is 435 g/mol. The number of nitrogens with zero attached hydrogens (tertiary/aromatic N) is 3. The summed E-state index contributed by atoms with van der Waals surface area (Å²) in [6.07, 6.45) is 0.658. The van der Waals surface area contributed by atoms with E-state index >= 15 is 0 Å².